The van der Waals surface area contributed by atoms with Crippen LogP contribution in [0.25, 0.3) is 0 Å². The zero-order chi connectivity index (χ0) is 16.3. The molecule has 1 aliphatic rings. The molecule has 4 nitrogen and oxygen atoms in total. The van der Waals surface area contributed by atoms with Gasteiger partial charge >= 0.3 is 6.17 Å². The zero-order valence-electron chi connectivity index (χ0n) is 14.2. The Labute approximate surface area is 127 Å². The van der Waals surface area contributed by atoms with Gasteiger partial charge in [-0.05, 0) is 26.7 Å². The number of rotatable bonds is 8. The van der Waals surface area contributed by atoms with Gasteiger partial charge in [-0.2, -0.15) is 8.78 Å². The highest BCUT2D eigenvalue weighted by molar-refractivity contribution is 5.14. The van der Waals surface area contributed by atoms with E-state index in [-0.39, 0.29) is 13.1 Å². The van der Waals surface area contributed by atoms with E-state index in [2.05, 4.69) is 0 Å². The first-order valence-corrected chi connectivity index (χ1v) is 7.67. The predicted molar refractivity (Wildman–Crippen MR) is 79.5 cm³/mol. The normalized spacial score (nSPS) is 33.7. The predicted octanol–water partition coefficient (Wildman–Crippen LogP) is 2.78. The van der Waals surface area contributed by atoms with Crippen molar-refractivity contribution in [3.05, 3.63) is 0 Å². The lowest BCUT2D eigenvalue weighted by Crippen LogP contribution is -2.58. The molecule has 1 rings (SSSR count). The Morgan fingerprint density at radius 3 is 1.38 bits per heavy atom. The van der Waals surface area contributed by atoms with Crippen LogP contribution in [-0.2, 0) is 9.47 Å². The van der Waals surface area contributed by atoms with Crippen molar-refractivity contribution in [2.75, 3.05) is 40.5 Å². The molecular weight excluding hydrogens is 278 g/mol. The summed E-state index contributed by atoms with van der Waals surface area (Å²) in [5.74, 6) is 0. The van der Waals surface area contributed by atoms with Crippen molar-refractivity contribution in [2.45, 2.75) is 57.8 Å². The first-order valence-electron chi connectivity index (χ1n) is 7.67. The van der Waals surface area contributed by atoms with Crippen molar-refractivity contribution in [3.8, 4) is 0 Å². The molecule has 0 spiro atoms. The Morgan fingerprint density at radius 1 is 0.810 bits per heavy atom. The van der Waals surface area contributed by atoms with Gasteiger partial charge in [0, 0.05) is 38.4 Å². The smallest absolute Gasteiger partial charge is 0.370 e. The third-order valence-corrected chi connectivity index (χ3v) is 5.42. The zero-order valence-corrected chi connectivity index (χ0v) is 14.2. The summed E-state index contributed by atoms with van der Waals surface area (Å²) in [6.45, 7) is 8.85. The quantitative estimate of drug-likeness (QED) is 0.644. The van der Waals surface area contributed by atoms with E-state index >= 15 is 8.78 Å². The van der Waals surface area contributed by atoms with Crippen molar-refractivity contribution < 1.29 is 18.3 Å². The molecular formula is C15H30F2N2O2. The molecule has 0 N–H and O–H groups in total. The molecule has 21 heavy (non-hydrogen) atoms. The second kappa shape index (κ2) is 6.86. The van der Waals surface area contributed by atoms with Crippen LogP contribution in [0.3, 0.4) is 0 Å². The highest BCUT2D eigenvalue weighted by Crippen LogP contribution is 2.53. The van der Waals surface area contributed by atoms with Crippen LogP contribution in [0.2, 0.25) is 0 Å². The van der Waals surface area contributed by atoms with Crippen LogP contribution in [0, 0.1) is 0 Å². The first-order chi connectivity index (χ1) is 9.76. The molecule has 0 aromatic rings. The Morgan fingerprint density at radius 2 is 1.14 bits per heavy atom. The fourth-order valence-electron chi connectivity index (χ4n) is 3.59. The third kappa shape index (κ3) is 2.83. The molecule has 126 valence electrons. The van der Waals surface area contributed by atoms with Gasteiger partial charge in [-0.25, -0.2) is 9.80 Å². The van der Waals surface area contributed by atoms with E-state index in [0.29, 0.717) is 26.1 Å². The molecule has 0 saturated carbocycles. The van der Waals surface area contributed by atoms with Gasteiger partial charge < -0.3 is 9.47 Å². The van der Waals surface area contributed by atoms with Gasteiger partial charge in [0.1, 0.15) is 0 Å². The van der Waals surface area contributed by atoms with E-state index in [9.17, 15) is 0 Å². The van der Waals surface area contributed by atoms with E-state index in [4.69, 9.17) is 9.47 Å². The first kappa shape index (κ1) is 18.7. The summed E-state index contributed by atoms with van der Waals surface area (Å²) in [4.78, 5) is 2.62. The fraction of sp³-hybridized carbons (Fsp3) is 1.00. The largest absolute Gasteiger partial charge is 0.383 e. The lowest BCUT2D eigenvalue weighted by atomic mass is 9.75. The van der Waals surface area contributed by atoms with Gasteiger partial charge in [0.15, 0.2) is 0 Å². The van der Waals surface area contributed by atoms with Crippen LogP contribution in [0.4, 0.5) is 8.78 Å². The molecule has 1 heterocycles. The molecule has 0 aliphatic carbocycles. The molecule has 0 aromatic carbocycles. The van der Waals surface area contributed by atoms with Crippen molar-refractivity contribution in [2.24, 2.45) is 0 Å². The van der Waals surface area contributed by atoms with Gasteiger partial charge in [0.2, 0.25) is 0 Å². The number of nitrogens with zero attached hydrogens (tertiary/aromatic N) is 2. The number of hydrogen-bond acceptors (Lipinski definition) is 4. The lowest BCUT2D eigenvalue weighted by Gasteiger charge is -2.45. The van der Waals surface area contributed by atoms with Crippen molar-refractivity contribution in [1.29, 1.82) is 0 Å². The number of ether oxygens (including phenoxy) is 2. The Bertz CT molecular complexity index is 314. The summed E-state index contributed by atoms with van der Waals surface area (Å²) in [6, 6.07) is 0. The number of halogens is 2. The average molecular weight is 308 g/mol. The lowest BCUT2D eigenvalue weighted by molar-refractivity contribution is -0.233. The SMILES string of the molecule is CCC1(C)N(CCOC)C(F)(F)N(CCOC)C1(C)CC. The fourth-order valence-corrected chi connectivity index (χ4v) is 3.59. The Hall–Kier alpha value is -0.300. The second-order valence-corrected chi connectivity index (χ2v) is 6.05. The molecule has 2 atom stereocenters. The summed E-state index contributed by atoms with van der Waals surface area (Å²) < 4.78 is 40.1. The van der Waals surface area contributed by atoms with E-state index in [1.807, 2.05) is 27.7 Å². The van der Waals surface area contributed by atoms with Crippen LogP contribution >= 0.6 is 0 Å². The third-order valence-electron chi connectivity index (χ3n) is 5.42. The van der Waals surface area contributed by atoms with Crippen LogP contribution in [0.5, 0.6) is 0 Å². The van der Waals surface area contributed by atoms with Gasteiger partial charge in [-0.15, -0.1) is 0 Å². The van der Waals surface area contributed by atoms with E-state index in [1.54, 1.807) is 14.2 Å². The van der Waals surface area contributed by atoms with Gasteiger partial charge in [-0.3, -0.25) is 0 Å². The maximum absolute atomic E-state index is 15.0. The molecule has 2 unspecified atom stereocenters. The van der Waals surface area contributed by atoms with E-state index in [0.717, 1.165) is 0 Å². The molecule has 0 bridgehead atoms. The number of alkyl halides is 2. The molecule has 1 fully saturated rings. The van der Waals surface area contributed by atoms with Crippen LogP contribution in [0.15, 0.2) is 0 Å². The van der Waals surface area contributed by atoms with Crippen LogP contribution < -0.4 is 0 Å². The minimum absolute atomic E-state index is 0.215. The Kier molecular flexibility index (Phi) is 6.12. The molecule has 6 heteroatoms. The molecule has 0 amide bonds. The molecule has 1 aliphatic heterocycles. The summed E-state index contributed by atoms with van der Waals surface area (Å²) in [6.07, 6.45) is -1.69. The maximum Gasteiger partial charge on any atom is 0.370 e. The Balaban J connectivity index is 3.24. The second-order valence-electron chi connectivity index (χ2n) is 6.05. The van der Waals surface area contributed by atoms with Gasteiger partial charge in [-0.1, -0.05) is 13.8 Å². The molecule has 0 aromatic heterocycles. The molecule has 0 radical (unpaired) electrons. The van der Waals surface area contributed by atoms with Crippen molar-refractivity contribution in [1.82, 2.24) is 9.80 Å². The highest BCUT2D eigenvalue weighted by Gasteiger charge is 2.68. The number of methoxy groups -OCH3 is 2. The van der Waals surface area contributed by atoms with E-state index in [1.165, 1.54) is 9.80 Å². The summed E-state index contributed by atoms with van der Waals surface area (Å²) in [5, 5.41) is 0. The van der Waals surface area contributed by atoms with Crippen LogP contribution in [-0.4, -0.2) is 67.6 Å². The number of hydrogen-bond donors (Lipinski definition) is 0. The summed E-state index contributed by atoms with van der Waals surface area (Å²) in [7, 11) is 3.08. The average Bonchev–Trinajstić information content (AvgIpc) is 2.58. The minimum Gasteiger partial charge on any atom is -0.383 e. The van der Waals surface area contributed by atoms with Crippen molar-refractivity contribution >= 4 is 0 Å². The monoisotopic (exact) mass is 308 g/mol. The topological polar surface area (TPSA) is 24.9 Å². The minimum atomic E-state index is -2.99. The van der Waals surface area contributed by atoms with Gasteiger partial charge in [0.05, 0.1) is 13.2 Å². The summed E-state index contributed by atoms with van der Waals surface area (Å²) >= 11 is 0. The van der Waals surface area contributed by atoms with Gasteiger partial charge in [0.25, 0.3) is 0 Å². The highest BCUT2D eigenvalue weighted by atomic mass is 19.3. The van der Waals surface area contributed by atoms with E-state index < -0.39 is 17.2 Å². The van der Waals surface area contributed by atoms with Crippen LogP contribution in [0.1, 0.15) is 40.5 Å². The van der Waals surface area contributed by atoms with Crippen molar-refractivity contribution in [3.63, 3.8) is 0 Å². The maximum atomic E-state index is 15.0. The molecule has 1 saturated heterocycles. The standard InChI is InChI=1S/C15H30F2N2O2/c1-7-13(3)14(4,8-2)19(10-12-21-6)15(16,17)18(13)9-11-20-5/h7-12H2,1-6H3. The summed E-state index contributed by atoms with van der Waals surface area (Å²) in [5.41, 5.74) is -1.23.